The van der Waals surface area contributed by atoms with Crippen LogP contribution in [0.4, 0.5) is 5.69 Å². The van der Waals surface area contributed by atoms with Crippen molar-refractivity contribution in [3.05, 3.63) is 57.2 Å². The van der Waals surface area contributed by atoms with E-state index in [1.165, 1.54) is 0 Å². The number of anilines is 1. The molecule has 0 aliphatic carbocycles. The van der Waals surface area contributed by atoms with Crippen molar-refractivity contribution < 1.29 is 9.53 Å². The Hall–Kier alpha value is -1.56. The molecule has 0 aliphatic heterocycles. The Morgan fingerprint density at radius 1 is 1.20 bits per heavy atom. The van der Waals surface area contributed by atoms with Crippen LogP contribution in [-0.4, -0.2) is 12.5 Å². The number of ether oxygens (including phenoxy) is 1. The third-order valence-electron chi connectivity index (χ3n) is 2.86. The summed E-state index contributed by atoms with van der Waals surface area (Å²) >= 11 is 2.25. The van der Waals surface area contributed by atoms with Gasteiger partial charge in [-0.3, -0.25) is 4.79 Å². The molecule has 0 saturated carbocycles. The Kier molecular flexibility index (Phi) is 5.00. The van der Waals surface area contributed by atoms with Gasteiger partial charge in [-0.1, -0.05) is 0 Å². The number of carbonyl (C=O) groups excluding carboxylic acids is 1. The number of rotatable bonds is 4. The number of carbonyl (C=O) groups is 1. The first kappa shape index (κ1) is 14.8. The van der Waals surface area contributed by atoms with E-state index in [1.54, 1.807) is 24.3 Å². The standard InChI is InChI=1S/C16H16INO2/c1-3-20-14-7-4-12(5-8-14)16(19)18-15-9-6-13(17)10-11(15)2/h4-10H,3H2,1-2H3,(H,18,19). The lowest BCUT2D eigenvalue weighted by molar-refractivity contribution is 0.102. The van der Waals surface area contributed by atoms with Gasteiger partial charge in [-0.15, -0.1) is 0 Å². The molecule has 2 rings (SSSR count). The first-order valence-electron chi connectivity index (χ1n) is 6.40. The molecule has 2 aromatic carbocycles. The maximum absolute atomic E-state index is 12.2. The van der Waals surface area contributed by atoms with Gasteiger partial charge in [0.2, 0.25) is 0 Å². The Morgan fingerprint density at radius 3 is 2.50 bits per heavy atom. The molecule has 1 amide bonds. The minimum atomic E-state index is -0.114. The molecule has 0 radical (unpaired) electrons. The maximum Gasteiger partial charge on any atom is 0.255 e. The zero-order valence-electron chi connectivity index (χ0n) is 11.4. The molecule has 0 heterocycles. The minimum Gasteiger partial charge on any atom is -0.494 e. The van der Waals surface area contributed by atoms with Crippen molar-refractivity contribution >= 4 is 34.2 Å². The van der Waals surface area contributed by atoms with Gasteiger partial charge in [-0.2, -0.15) is 0 Å². The van der Waals surface area contributed by atoms with Crippen LogP contribution in [0.1, 0.15) is 22.8 Å². The Morgan fingerprint density at radius 2 is 1.90 bits per heavy atom. The fraction of sp³-hybridized carbons (Fsp3) is 0.188. The number of nitrogens with one attached hydrogen (secondary N) is 1. The number of amides is 1. The fourth-order valence-corrected chi connectivity index (χ4v) is 2.48. The van der Waals surface area contributed by atoms with Gasteiger partial charge in [0.25, 0.3) is 5.91 Å². The molecule has 2 aromatic rings. The lowest BCUT2D eigenvalue weighted by atomic mass is 10.1. The Labute approximate surface area is 132 Å². The van der Waals surface area contributed by atoms with E-state index in [9.17, 15) is 4.79 Å². The number of benzene rings is 2. The first-order valence-corrected chi connectivity index (χ1v) is 7.48. The molecular weight excluding hydrogens is 365 g/mol. The van der Waals surface area contributed by atoms with Crippen LogP contribution in [0.15, 0.2) is 42.5 Å². The molecule has 0 saturated heterocycles. The molecule has 0 aliphatic rings. The number of hydrogen-bond donors (Lipinski definition) is 1. The molecule has 0 fully saturated rings. The smallest absolute Gasteiger partial charge is 0.255 e. The van der Waals surface area contributed by atoms with E-state index in [4.69, 9.17) is 4.74 Å². The lowest BCUT2D eigenvalue weighted by Gasteiger charge is -2.09. The summed E-state index contributed by atoms with van der Waals surface area (Å²) in [6.45, 7) is 4.53. The zero-order chi connectivity index (χ0) is 14.5. The maximum atomic E-state index is 12.2. The van der Waals surface area contributed by atoms with Gasteiger partial charge in [0.1, 0.15) is 5.75 Å². The van der Waals surface area contributed by atoms with Crippen LogP contribution >= 0.6 is 22.6 Å². The van der Waals surface area contributed by atoms with Gasteiger partial charge < -0.3 is 10.1 Å². The van der Waals surface area contributed by atoms with Crippen LogP contribution in [0, 0.1) is 10.5 Å². The van der Waals surface area contributed by atoms with E-state index in [0.29, 0.717) is 12.2 Å². The monoisotopic (exact) mass is 381 g/mol. The molecule has 0 bridgehead atoms. The number of halogens is 1. The molecule has 3 nitrogen and oxygen atoms in total. The van der Waals surface area contributed by atoms with Gasteiger partial charge in [0, 0.05) is 14.8 Å². The fourth-order valence-electron chi connectivity index (χ4n) is 1.83. The third-order valence-corrected chi connectivity index (χ3v) is 3.54. The SMILES string of the molecule is CCOc1ccc(C(=O)Nc2ccc(I)cc2C)cc1. The summed E-state index contributed by atoms with van der Waals surface area (Å²) < 4.78 is 6.51. The van der Waals surface area contributed by atoms with Crippen molar-refractivity contribution in [1.82, 2.24) is 0 Å². The molecule has 104 valence electrons. The lowest BCUT2D eigenvalue weighted by Crippen LogP contribution is -2.12. The summed E-state index contributed by atoms with van der Waals surface area (Å²) in [6.07, 6.45) is 0. The Bertz CT molecular complexity index is 608. The van der Waals surface area contributed by atoms with Crippen LogP contribution in [0.2, 0.25) is 0 Å². The van der Waals surface area contributed by atoms with Crippen LogP contribution in [0.25, 0.3) is 0 Å². The van der Waals surface area contributed by atoms with Crippen molar-refractivity contribution in [3.63, 3.8) is 0 Å². The summed E-state index contributed by atoms with van der Waals surface area (Å²) in [4.78, 5) is 12.2. The van der Waals surface area contributed by atoms with Crippen LogP contribution < -0.4 is 10.1 Å². The van der Waals surface area contributed by atoms with Gasteiger partial charge in [0.05, 0.1) is 6.61 Å². The van der Waals surface area contributed by atoms with Gasteiger partial charge in [0.15, 0.2) is 0 Å². The topological polar surface area (TPSA) is 38.3 Å². The number of hydrogen-bond acceptors (Lipinski definition) is 2. The van der Waals surface area contributed by atoms with Crippen LogP contribution in [0.3, 0.4) is 0 Å². The summed E-state index contributed by atoms with van der Waals surface area (Å²) in [5, 5.41) is 2.92. The van der Waals surface area contributed by atoms with E-state index in [1.807, 2.05) is 32.0 Å². The van der Waals surface area contributed by atoms with Crippen molar-refractivity contribution in [2.45, 2.75) is 13.8 Å². The minimum absolute atomic E-state index is 0.114. The average molecular weight is 381 g/mol. The molecule has 1 N–H and O–H groups in total. The Balaban J connectivity index is 2.11. The quantitative estimate of drug-likeness (QED) is 0.805. The first-order chi connectivity index (χ1) is 9.60. The summed E-state index contributed by atoms with van der Waals surface area (Å²) in [6, 6.07) is 13.1. The molecule has 0 unspecified atom stereocenters. The van der Waals surface area contributed by atoms with E-state index in [0.717, 1.165) is 20.6 Å². The predicted octanol–water partition coefficient (Wildman–Crippen LogP) is 4.25. The summed E-state index contributed by atoms with van der Waals surface area (Å²) in [5.41, 5.74) is 2.51. The second-order valence-corrected chi connectivity index (χ2v) is 5.62. The van der Waals surface area contributed by atoms with Gasteiger partial charge >= 0.3 is 0 Å². The molecule has 20 heavy (non-hydrogen) atoms. The summed E-state index contributed by atoms with van der Waals surface area (Å²) in [5.74, 6) is 0.659. The van der Waals surface area contributed by atoms with Gasteiger partial charge in [-0.25, -0.2) is 0 Å². The largest absolute Gasteiger partial charge is 0.494 e. The molecule has 4 heteroatoms. The molecular formula is C16H16INO2. The van der Waals surface area contributed by atoms with E-state index in [2.05, 4.69) is 27.9 Å². The van der Waals surface area contributed by atoms with Crippen molar-refractivity contribution in [2.75, 3.05) is 11.9 Å². The molecule has 0 aromatic heterocycles. The highest BCUT2D eigenvalue weighted by Crippen LogP contribution is 2.19. The second-order valence-electron chi connectivity index (χ2n) is 4.37. The molecule has 0 spiro atoms. The zero-order valence-corrected chi connectivity index (χ0v) is 13.6. The van der Waals surface area contributed by atoms with Gasteiger partial charge in [-0.05, 0) is 84.5 Å². The third kappa shape index (κ3) is 3.72. The van der Waals surface area contributed by atoms with E-state index < -0.39 is 0 Å². The highest BCUT2D eigenvalue weighted by molar-refractivity contribution is 14.1. The number of aryl methyl sites for hydroxylation is 1. The van der Waals surface area contributed by atoms with Crippen LogP contribution in [0.5, 0.6) is 5.75 Å². The van der Waals surface area contributed by atoms with Crippen molar-refractivity contribution in [1.29, 1.82) is 0 Å². The highest BCUT2D eigenvalue weighted by atomic mass is 127. The average Bonchev–Trinajstić information content (AvgIpc) is 2.43. The second kappa shape index (κ2) is 6.74. The normalized spacial score (nSPS) is 10.2. The predicted molar refractivity (Wildman–Crippen MR) is 89.5 cm³/mol. The van der Waals surface area contributed by atoms with E-state index >= 15 is 0 Å². The summed E-state index contributed by atoms with van der Waals surface area (Å²) in [7, 11) is 0. The van der Waals surface area contributed by atoms with Crippen molar-refractivity contribution in [3.8, 4) is 5.75 Å². The molecule has 0 atom stereocenters. The highest BCUT2D eigenvalue weighted by Gasteiger charge is 2.08. The van der Waals surface area contributed by atoms with Crippen LogP contribution in [-0.2, 0) is 0 Å². The van der Waals surface area contributed by atoms with E-state index in [-0.39, 0.29) is 5.91 Å². The van der Waals surface area contributed by atoms with Crippen molar-refractivity contribution in [2.24, 2.45) is 0 Å².